The summed E-state index contributed by atoms with van der Waals surface area (Å²) in [7, 11) is 0. The van der Waals surface area contributed by atoms with Crippen molar-refractivity contribution in [1.29, 1.82) is 0 Å². The third-order valence-corrected chi connectivity index (χ3v) is 1.87. The average molecular weight is 205 g/mol. The number of rotatable bonds is 5. The molecule has 0 aliphatic heterocycles. The molecule has 3 heteroatoms. The molecule has 0 saturated heterocycles. The monoisotopic (exact) mass is 205 g/mol. The SMILES string of the molecule is C=CC(NC(=O)c1ccccc1)OCC. The number of ether oxygens (including phenoxy) is 1. The van der Waals surface area contributed by atoms with E-state index in [9.17, 15) is 4.79 Å². The van der Waals surface area contributed by atoms with Crippen molar-refractivity contribution in [2.24, 2.45) is 0 Å². The molecule has 0 fully saturated rings. The molecular formula is C12H15NO2. The summed E-state index contributed by atoms with van der Waals surface area (Å²) in [6.07, 6.45) is 1.13. The number of benzene rings is 1. The van der Waals surface area contributed by atoms with Crippen LogP contribution in [-0.4, -0.2) is 18.7 Å². The van der Waals surface area contributed by atoms with Crippen molar-refractivity contribution in [1.82, 2.24) is 5.32 Å². The maximum atomic E-state index is 11.6. The smallest absolute Gasteiger partial charge is 0.253 e. The summed E-state index contributed by atoms with van der Waals surface area (Å²) in [4.78, 5) is 11.6. The first-order valence-corrected chi connectivity index (χ1v) is 4.88. The van der Waals surface area contributed by atoms with E-state index in [-0.39, 0.29) is 5.91 Å². The second-order valence-corrected chi connectivity index (χ2v) is 2.95. The Morgan fingerprint density at radius 3 is 2.73 bits per heavy atom. The fraction of sp³-hybridized carbons (Fsp3) is 0.250. The number of amides is 1. The van der Waals surface area contributed by atoms with Gasteiger partial charge in [-0.2, -0.15) is 0 Å². The van der Waals surface area contributed by atoms with Crippen molar-refractivity contribution in [3.05, 3.63) is 48.6 Å². The van der Waals surface area contributed by atoms with Crippen LogP contribution in [0.5, 0.6) is 0 Å². The molecule has 3 nitrogen and oxygen atoms in total. The first kappa shape index (κ1) is 11.5. The largest absolute Gasteiger partial charge is 0.355 e. The van der Waals surface area contributed by atoms with Crippen LogP contribution >= 0.6 is 0 Å². The molecule has 1 aromatic carbocycles. The predicted octanol–water partition coefficient (Wildman–Crippen LogP) is 1.96. The van der Waals surface area contributed by atoms with Gasteiger partial charge in [0.15, 0.2) is 0 Å². The fourth-order valence-corrected chi connectivity index (χ4v) is 1.15. The van der Waals surface area contributed by atoms with Crippen LogP contribution in [0.4, 0.5) is 0 Å². The third kappa shape index (κ3) is 3.56. The molecule has 1 aromatic rings. The van der Waals surface area contributed by atoms with Gasteiger partial charge in [0.2, 0.25) is 0 Å². The maximum Gasteiger partial charge on any atom is 0.253 e. The lowest BCUT2D eigenvalue weighted by Gasteiger charge is -2.14. The first-order valence-electron chi connectivity index (χ1n) is 4.88. The van der Waals surface area contributed by atoms with Crippen molar-refractivity contribution < 1.29 is 9.53 Å². The molecule has 1 unspecified atom stereocenters. The van der Waals surface area contributed by atoms with Crippen LogP contribution in [0.1, 0.15) is 17.3 Å². The second kappa shape index (κ2) is 5.98. The van der Waals surface area contributed by atoms with E-state index in [2.05, 4.69) is 11.9 Å². The number of nitrogens with one attached hydrogen (secondary N) is 1. The Hall–Kier alpha value is -1.61. The molecule has 15 heavy (non-hydrogen) atoms. The fourth-order valence-electron chi connectivity index (χ4n) is 1.15. The van der Waals surface area contributed by atoms with Crippen molar-refractivity contribution in [2.45, 2.75) is 13.2 Å². The standard InChI is InChI=1S/C12H15NO2/c1-3-11(15-4-2)13-12(14)10-8-6-5-7-9-10/h3,5-9,11H,1,4H2,2H3,(H,13,14). The van der Waals surface area contributed by atoms with Crippen molar-refractivity contribution >= 4 is 5.91 Å². The van der Waals surface area contributed by atoms with Crippen LogP contribution in [-0.2, 0) is 4.74 Å². The molecule has 0 spiro atoms. The van der Waals surface area contributed by atoms with E-state index >= 15 is 0 Å². The van der Waals surface area contributed by atoms with Gasteiger partial charge in [-0.1, -0.05) is 24.8 Å². The lowest BCUT2D eigenvalue weighted by atomic mass is 10.2. The average Bonchev–Trinajstić information content (AvgIpc) is 2.29. The minimum atomic E-state index is -0.428. The summed E-state index contributed by atoms with van der Waals surface area (Å²) < 4.78 is 5.23. The van der Waals surface area contributed by atoms with Gasteiger partial charge in [0, 0.05) is 12.2 Å². The number of hydrogen-bond acceptors (Lipinski definition) is 2. The van der Waals surface area contributed by atoms with E-state index in [4.69, 9.17) is 4.74 Å². The maximum absolute atomic E-state index is 11.6. The van der Waals surface area contributed by atoms with Crippen LogP contribution in [0.2, 0.25) is 0 Å². The summed E-state index contributed by atoms with van der Waals surface area (Å²) in [5.41, 5.74) is 0.615. The minimum absolute atomic E-state index is 0.158. The molecule has 0 aromatic heterocycles. The zero-order chi connectivity index (χ0) is 11.1. The van der Waals surface area contributed by atoms with Crippen molar-refractivity contribution in [3.8, 4) is 0 Å². The summed E-state index contributed by atoms with van der Waals surface area (Å²) in [6, 6.07) is 9.00. The minimum Gasteiger partial charge on any atom is -0.355 e. The van der Waals surface area contributed by atoms with Crippen LogP contribution in [0.15, 0.2) is 43.0 Å². The highest BCUT2D eigenvalue weighted by molar-refractivity contribution is 5.94. The zero-order valence-corrected chi connectivity index (χ0v) is 8.77. The van der Waals surface area contributed by atoms with Gasteiger partial charge in [-0.3, -0.25) is 4.79 Å². The normalized spacial score (nSPS) is 11.8. The highest BCUT2D eigenvalue weighted by atomic mass is 16.5. The lowest BCUT2D eigenvalue weighted by molar-refractivity contribution is 0.0586. The van der Waals surface area contributed by atoms with Gasteiger partial charge >= 0.3 is 0 Å². The van der Waals surface area contributed by atoms with Crippen LogP contribution in [0.25, 0.3) is 0 Å². The Labute approximate surface area is 89.8 Å². The molecule has 1 amide bonds. The Morgan fingerprint density at radius 1 is 1.53 bits per heavy atom. The number of carbonyl (C=O) groups is 1. The molecule has 1 atom stereocenters. The predicted molar refractivity (Wildman–Crippen MR) is 59.5 cm³/mol. The van der Waals surface area contributed by atoms with Crippen LogP contribution < -0.4 is 5.32 Å². The number of carbonyl (C=O) groups excluding carboxylic acids is 1. The Balaban J connectivity index is 2.58. The quantitative estimate of drug-likeness (QED) is 0.589. The Morgan fingerprint density at radius 2 is 2.20 bits per heavy atom. The summed E-state index contributed by atoms with van der Waals surface area (Å²) in [5, 5.41) is 2.70. The van der Waals surface area contributed by atoms with Gasteiger partial charge in [-0.15, -0.1) is 0 Å². The molecular weight excluding hydrogens is 190 g/mol. The molecule has 0 heterocycles. The van der Waals surface area contributed by atoms with Gasteiger partial charge < -0.3 is 10.1 Å². The van der Waals surface area contributed by atoms with Gasteiger partial charge in [-0.25, -0.2) is 0 Å². The van der Waals surface area contributed by atoms with E-state index in [1.54, 1.807) is 18.2 Å². The molecule has 0 radical (unpaired) electrons. The molecule has 0 bridgehead atoms. The van der Waals surface area contributed by atoms with Gasteiger partial charge in [0.05, 0.1) is 0 Å². The van der Waals surface area contributed by atoms with Gasteiger partial charge in [0.1, 0.15) is 6.23 Å². The van der Waals surface area contributed by atoms with Crippen molar-refractivity contribution in [2.75, 3.05) is 6.61 Å². The van der Waals surface area contributed by atoms with E-state index < -0.39 is 6.23 Å². The highest BCUT2D eigenvalue weighted by Gasteiger charge is 2.09. The molecule has 0 aliphatic carbocycles. The van der Waals surface area contributed by atoms with Crippen LogP contribution in [0.3, 0.4) is 0 Å². The topological polar surface area (TPSA) is 38.3 Å². The van der Waals surface area contributed by atoms with E-state index in [0.29, 0.717) is 12.2 Å². The highest BCUT2D eigenvalue weighted by Crippen LogP contribution is 1.99. The number of hydrogen-bond donors (Lipinski definition) is 1. The van der Waals surface area contributed by atoms with E-state index in [0.717, 1.165) is 0 Å². The van der Waals surface area contributed by atoms with E-state index in [1.807, 2.05) is 25.1 Å². The molecule has 1 rings (SSSR count). The first-order chi connectivity index (χ1) is 7.27. The summed E-state index contributed by atoms with van der Waals surface area (Å²) in [5.74, 6) is -0.158. The van der Waals surface area contributed by atoms with Crippen molar-refractivity contribution in [3.63, 3.8) is 0 Å². The van der Waals surface area contributed by atoms with E-state index in [1.165, 1.54) is 0 Å². The molecule has 80 valence electrons. The zero-order valence-electron chi connectivity index (χ0n) is 8.77. The van der Waals surface area contributed by atoms with Gasteiger partial charge in [0.25, 0.3) is 5.91 Å². The second-order valence-electron chi connectivity index (χ2n) is 2.95. The summed E-state index contributed by atoms with van der Waals surface area (Å²) in [6.45, 7) is 5.99. The Kier molecular flexibility index (Phi) is 4.57. The molecule has 0 saturated carbocycles. The third-order valence-electron chi connectivity index (χ3n) is 1.87. The molecule has 0 aliphatic rings. The Bertz CT molecular complexity index is 322. The molecule has 1 N–H and O–H groups in total. The van der Waals surface area contributed by atoms with Crippen LogP contribution in [0, 0.1) is 0 Å². The van der Waals surface area contributed by atoms with Gasteiger partial charge in [-0.05, 0) is 25.1 Å². The summed E-state index contributed by atoms with van der Waals surface area (Å²) >= 11 is 0. The lowest BCUT2D eigenvalue weighted by Crippen LogP contribution is -2.35.